The molecule has 0 aromatic rings. The molecule has 5 heteroatoms. The van der Waals surface area contributed by atoms with Gasteiger partial charge in [0.25, 0.3) is 0 Å². The summed E-state index contributed by atoms with van der Waals surface area (Å²) in [5.74, 6) is 1.27. The van der Waals surface area contributed by atoms with Gasteiger partial charge in [0.2, 0.25) is 5.91 Å². The molecular weight excluding hydrogens is 288 g/mol. The summed E-state index contributed by atoms with van der Waals surface area (Å²) >= 11 is 7.09. The Bertz CT molecular complexity index is 313. The summed E-state index contributed by atoms with van der Waals surface area (Å²) in [7, 11) is 0. The van der Waals surface area contributed by atoms with Gasteiger partial charge >= 0.3 is 0 Å². The molecule has 1 aliphatic rings. The van der Waals surface area contributed by atoms with Crippen LogP contribution >= 0.6 is 24.0 Å². The molecule has 20 heavy (non-hydrogen) atoms. The van der Waals surface area contributed by atoms with Crippen LogP contribution in [0.1, 0.15) is 57.8 Å². The van der Waals surface area contributed by atoms with Crippen LogP contribution in [0.2, 0.25) is 0 Å². The van der Waals surface area contributed by atoms with E-state index >= 15 is 0 Å². The van der Waals surface area contributed by atoms with E-state index in [9.17, 15) is 4.79 Å². The van der Waals surface area contributed by atoms with Gasteiger partial charge < -0.3 is 11.1 Å². The van der Waals surface area contributed by atoms with Crippen LogP contribution in [0, 0.1) is 5.41 Å². The fraction of sp³-hybridized carbons (Fsp3) is 0.867. The number of thioether (sulfide) groups is 1. The first-order valence-electron chi connectivity index (χ1n) is 7.70. The van der Waals surface area contributed by atoms with Crippen molar-refractivity contribution in [3.05, 3.63) is 0 Å². The SMILES string of the molecule is CSCCCCCNC(=O)C1(C(N)=S)CCCCCC1. The lowest BCUT2D eigenvalue weighted by atomic mass is 9.79. The molecule has 3 N–H and O–H groups in total. The van der Waals surface area contributed by atoms with Gasteiger partial charge in [0.05, 0.1) is 10.4 Å². The van der Waals surface area contributed by atoms with Gasteiger partial charge in [-0.3, -0.25) is 4.79 Å². The van der Waals surface area contributed by atoms with Gasteiger partial charge in [-0.2, -0.15) is 11.8 Å². The van der Waals surface area contributed by atoms with Crippen LogP contribution in [-0.2, 0) is 4.79 Å². The number of unbranched alkanes of at least 4 members (excludes halogenated alkanes) is 2. The van der Waals surface area contributed by atoms with Crippen molar-refractivity contribution >= 4 is 34.9 Å². The summed E-state index contributed by atoms with van der Waals surface area (Å²) < 4.78 is 0. The molecule has 0 unspecified atom stereocenters. The number of nitrogens with two attached hydrogens (primary N) is 1. The molecule has 1 saturated carbocycles. The molecule has 0 bridgehead atoms. The summed E-state index contributed by atoms with van der Waals surface area (Å²) in [5.41, 5.74) is 5.33. The number of carbonyl (C=O) groups excluding carboxylic acids is 1. The van der Waals surface area contributed by atoms with Crippen molar-refractivity contribution in [3.8, 4) is 0 Å². The minimum atomic E-state index is -0.578. The fourth-order valence-corrected chi connectivity index (χ4v) is 3.63. The van der Waals surface area contributed by atoms with E-state index in [0.29, 0.717) is 4.99 Å². The van der Waals surface area contributed by atoms with E-state index in [1.807, 2.05) is 11.8 Å². The second kappa shape index (κ2) is 9.61. The Morgan fingerprint density at radius 3 is 2.40 bits per heavy atom. The standard InChI is InChI=1S/C15H28N2OS2/c1-20-12-8-4-7-11-17-14(18)15(13(16)19)9-5-2-3-6-10-15/h2-12H2,1H3,(H2,16,19)(H,17,18). The minimum Gasteiger partial charge on any atom is -0.392 e. The zero-order valence-corrected chi connectivity index (χ0v) is 14.2. The van der Waals surface area contributed by atoms with Crippen molar-refractivity contribution < 1.29 is 4.79 Å². The van der Waals surface area contributed by atoms with Crippen LogP contribution in [0.5, 0.6) is 0 Å². The van der Waals surface area contributed by atoms with E-state index in [-0.39, 0.29) is 5.91 Å². The number of rotatable bonds is 8. The maximum atomic E-state index is 12.5. The maximum Gasteiger partial charge on any atom is 0.233 e. The topological polar surface area (TPSA) is 55.1 Å². The van der Waals surface area contributed by atoms with Crippen LogP contribution < -0.4 is 11.1 Å². The third-order valence-corrected chi connectivity index (χ3v) is 5.26. The van der Waals surface area contributed by atoms with E-state index in [1.165, 1.54) is 31.4 Å². The first-order chi connectivity index (χ1) is 9.63. The summed E-state index contributed by atoms with van der Waals surface area (Å²) in [6.45, 7) is 0.748. The van der Waals surface area contributed by atoms with Gasteiger partial charge in [0, 0.05) is 6.54 Å². The fourth-order valence-electron chi connectivity index (χ4n) is 2.84. The predicted molar refractivity (Wildman–Crippen MR) is 92.2 cm³/mol. The zero-order chi connectivity index (χ0) is 14.8. The second-order valence-electron chi connectivity index (χ2n) is 5.67. The average molecular weight is 317 g/mol. The normalized spacial score (nSPS) is 18.2. The molecule has 1 rings (SSSR count). The zero-order valence-electron chi connectivity index (χ0n) is 12.6. The number of amides is 1. The highest BCUT2D eigenvalue weighted by molar-refractivity contribution is 7.98. The lowest BCUT2D eigenvalue weighted by Crippen LogP contribution is -2.48. The third-order valence-electron chi connectivity index (χ3n) is 4.17. The average Bonchev–Trinajstić information content (AvgIpc) is 2.69. The Morgan fingerprint density at radius 1 is 1.20 bits per heavy atom. The molecule has 116 valence electrons. The predicted octanol–water partition coefficient (Wildman–Crippen LogP) is 3.26. The van der Waals surface area contributed by atoms with Crippen LogP contribution in [0.4, 0.5) is 0 Å². The van der Waals surface area contributed by atoms with Gasteiger partial charge in [-0.1, -0.05) is 44.3 Å². The lowest BCUT2D eigenvalue weighted by molar-refractivity contribution is -0.128. The molecule has 0 spiro atoms. The highest BCUT2D eigenvalue weighted by Gasteiger charge is 2.41. The highest BCUT2D eigenvalue weighted by atomic mass is 32.2. The van der Waals surface area contributed by atoms with Gasteiger partial charge in [-0.05, 0) is 37.7 Å². The van der Waals surface area contributed by atoms with Crippen molar-refractivity contribution in [2.75, 3.05) is 18.6 Å². The van der Waals surface area contributed by atoms with Crippen molar-refractivity contribution in [2.24, 2.45) is 11.1 Å². The first kappa shape index (κ1) is 17.8. The lowest BCUT2D eigenvalue weighted by Gasteiger charge is -2.30. The molecular formula is C15H28N2OS2. The molecule has 1 fully saturated rings. The Labute approximate surface area is 132 Å². The quantitative estimate of drug-likeness (QED) is 0.410. The van der Waals surface area contributed by atoms with Crippen LogP contribution in [0.25, 0.3) is 0 Å². The smallest absolute Gasteiger partial charge is 0.233 e. The van der Waals surface area contributed by atoms with E-state index in [0.717, 1.165) is 38.6 Å². The van der Waals surface area contributed by atoms with Crippen molar-refractivity contribution in [1.29, 1.82) is 0 Å². The summed E-state index contributed by atoms with van der Waals surface area (Å²) in [4.78, 5) is 12.9. The number of thiocarbonyl (C=S) groups is 1. The minimum absolute atomic E-state index is 0.0665. The van der Waals surface area contributed by atoms with Crippen molar-refractivity contribution in [2.45, 2.75) is 57.8 Å². The third kappa shape index (κ3) is 5.24. The van der Waals surface area contributed by atoms with E-state index in [4.69, 9.17) is 18.0 Å². The van der Waals surface area contributed by atoms with Crippen LogP contribution in [-0.4, -0.2) is 29.4 Å². The van der Waals surface area contributed by atoms with E-state index in [2.05, 4.69) is 11.6 Å². The molecule has 0 atom stereocenters. The molecule has 0 aromatic carbocycles. The Hall–Kier alpha value is -0.290. The van der Waals surface area contributed by atoms with Gasteiger partial charge in [-0.15, -0.1) is 0 Å². The molecule has 0 saturated heterocycles. The number of carbonyl (C=O) groups is 1. The van der Waals surface area contributed by atoms with Gasteiger partial charge in [0.15, 0.2) is 0 Å². The Morgan fingerprint density at radius 2 is 1.85 bits per heavy atom. The van der Waals surface area contributed by atoms with Gasteiger partial charge in [-0.25, -0.2) is 0 Å². The number of hydrogen-bond donors (Lipinski definition) is 2. The molecule has 0 heterocycles. The Balaban J connectivity index is 2.42. The molecule has 1 amide bonds. The monoisotopic (exact) mass is 316 g/mol. The molecule has 1 aliphatic carbocycles. The summed E-state index contributed by atoms with van der Waals surface area (Å²) in [6, 6.07) is 0. The number of hydrogen-bond acceptors (Lipinski definition) is 3. The molecule has 0 aliphatic heterocycles. The number of nitrogens with one attached hydrogen (secondary N) is 1. The second-order valence-corrected chi connectivity index (χ2v) is 7.10. The molecule has 3 nitrogen and oxygen atoms in total. The van der Waals surface area contributed by atoms with E-state index in [1.54, 1.807) is 0 Å². The maximum absolute atomic E-state index is 12.5. The highest BCUT2D eigenvalue weighted by Crippen LogP contribution is 2.35. The van der Waals surface area contributed by atoms with Crippen LogP contribution in [0.3, 0.4) is 0 Å². The molecule has 0 radical (unpaired) electrons. The summed E-state index contributed by atoms with van der Waals surface area (Å²) in [6.07, 6.45) is 11.7. The van der Waals surface area contributed by atoms with Crippen molar-refractivity contribution in [1.82, 2.24) is 5.32 Å². The first-order valence-corrected chi connectivity index (χ1v) is 9.51. The van der Waals surface area contributed by atoms with E-state index < -0.39 is 5.41 Å². The van der Waals surface area contributed by atoms with Crippen LogP contribution in [0.15, 0.2) is 0 Å². The largest absolute Gasteiger partial charge is 0.392 e. The molecule has 0 aromatic heterocycles. The Kier molecular flexibility index (Phi) is 8.53. The van der Waals surface area contributed by atoms with Crippen molar-refractivity contribution in [3.63, 3.8) is 0 Å². The van der Waals surface area contributed by atoms with Gasteiger partial charge in [0.1, 0.15) is 0 Å². The summed E-state index contributed by atoms with van der Waals surface area (Å²) in [5, 5.41) is 3.07.